The van der Waals surface area contributed by atoms with Crippen LogP contribution < -0.4 is 4.72 Å². The maximum atomic E-state index is 13.9. The fourth-order valence-corrected chi connectivity index (χ4v) is 9.89. The van der Waals surface area contributed by atoms with Crippen LogP contribution in [0.25, 0.3) is 16.8 Å². The summed E-state index contributed by atoms with van der Waals surface area (Å²) in [6, 6.07) is 14.9. The average molecular weight is 611 g/mol. The van der Waals surface area contributed by atoms with Crippen LogP contribution in [-0.2, 0) is 25.3 Å². The van der Waals surface area contributed by atoms with E-state index < -0.39 is 25.4 Å². The molecule has 2 aromatic carbocycles. The molecular weight excluding hydrogens is 584 g/mol. The average Bonchev–Trinajstić information content (AvgIpc) is 3.61. The van der Waals surface area contributed by atoms with Crippen LogP contribution in [0.4, 0.5) is 0 Å². The van der Waals surface area contributed by atoms with Crippen LogP contribution in [-0.4, -0.2) is 46.9 Å². The standard InChI is InChI=1S/C28H27ClN6O4S2/c1-18-5-2-3-8-22(18)40(36,37)25-24-32-33-26(35(24)21-9-16-30-23(21)31-25)27-10-13-28(14-11-27,15-12-27)34-41(38,39)20-7-4-6-19(29)17-20/h2-9,16-17,30,34H,10-15H2,1H3. The fourth-order valence-electron chi connectivity index (χ4n) is 6.56. The summed E-state index contributed by atoms with van der Waals surface area (Å²) in [7, 11) is -7.76. The molecule has 41 heavy (non-hydrogen) atoms. The van der Waals surface area contributed by atoms with Crippen molar-refractivity contribution in [3.05, 3.63) is 77.2 Å². The molecule has 3 aliphatic rings. The molecule has 5 aromatic rings. The van der Waals surface area contributed by atoms with Gasteiger partial charge in [0.15, 0.2) is 11.3 Å². The third-order valence-electron chi connectivity index (χ3n) is 8.83. The molecule has 10 nitrogen and oxygen atoms in total. The lowest BCUT2D eigenvalue weighted by Gasteiger charge is -2.52. The van der Waals surface area contributed by atoms with Crippen molar-refractivity contribution in [2.45, 2.75) is 71.2 Å². The minimum atomic E-state index is -4.00. The van der Waals surface area contributed by atoms with E-state index >= 15 is 0 Å². The summed E-state index contributed by atoms with van der Waals surface area (Å²) in [5.74, 6) is 0.687. The van der Waals surface area contributed by atoms with Gasteiger partial charge in [-0.1, -0.05) is 35.9 Å². The Morgan fingerprint density at radius 1 is 0.927 bits per heavy atom. The first kappa shape index (κ1) is 26.6. The Bertz CT molecular complexity index is 2050. The molecule has 0 unspecified atom stereocenters. The van der Waals surface area contributed by atoms with E-state index in [0.29, 0.717) is 66.1 Å². The summed E-state index contributed by atoms with van der Waals surface area (Å²) >= 11 is 6.06. The molecule has 3 heterocycles. The van der Waals surface area contributed by atoms with E-state index in [4.69, 9.17) is 11.6 Å². The van der Waals surface area contributed by atoms with Crippen molar-refractivity contribution in [3.63, 3.8) is 0 Å². The maximum absolute atomic E-state index is 13.9. The molecule has 0 radical (unpaired) electrons. The lowest BCUT2D eigenvalue weighted by Crippen LogP contribution is -2.58. The number of hydrogen-bond acceptors (Lipinski definition) is 7. The number of rotatable bonds is 6. The van der Waals surface area contributed by atoms with E-state index in [-0.39, 0.29) is 25.9 Å². The predicted molar refractivity (Wildman–Crippen MR) is 153 cm³/mol. The Labute approximate surface area is 242 Å². The molecule has 2 bridgehead atoms. The Kier molecular flexibility index (Phi) is 5.89. The number of halogens is 1. The van der Waals surface area contributed by atoms with Crippen LogP contribution >= 0.6 is 11.6 Å². The molecule has 0 spiro atoms. The molecule has 2 N–H and O–H groups in total. The molecule has 3 aromatic heterocycles. The van der Waals surface area contributed by atoms with Crippen LogP contribution in [0.2, 0.25) is 5.02 Å². The van der Waals surface area contributed by atoms with E-state index in [2.05, 4.69) is 24.9 Å². The first-order valence-electron chi connectivity index (χ1n) is 13.4. The zero-order chi connectivity index (χ0) is 28.6. The number of fused-ring (bicyclic) bond motifs is 6. The zero-order valence-electron chi connectivity index (χ0n) is 22.1. The van der Waals surface area contributed by atoms with Crippen molar-refractivity contribution >= 4 is 48.3 Å². The van der Waals surface area contributed by atoms with Crippen LogP contribution in [0.5, 0.6) is 0 Å². The summed E-state index contributed by atoms with van der Waals surface area (Å²) < 4.78 is 59.0. The maximum Gasteiger partial charge on any atom is 0.241 e. The predicted octanol–water partition coefficient (Wildman–Crippen LogP) is 4.72. The number of aromatic nitrogens is 5. The van der Waals surface area contributed by atoms with Gasteiger partial charge in [-0.25, -0.2) is 26.5 Å². The molecule has 13 heteroatoms. The van der Waals surface area contributed by atoms with Crippen molar-refractivity contribution in [2.24, 2.45) is 0 Å². The monoisotopic (exact) mass is 610 g/mol. The first-order chi connectivity index (χ1) is 19.5. The Morgan fingerprint density at radius 3 is 2.37 bits per heavy atom. The number of hydrogen-bond donors (Lipinski definition) is 2. The second-order valence-electron chi connectivity index (χ2n) is 11.2. The van der Waals surface area contributed by atoms with Gasteiger partial charge < -0.3 is 4.98 Å². The number of benzene rings is 2. The van der Waals surface area contributed by atoms with Crippen molar-refractivity contribution in [1.29, 1.82) is 0 Å². The summed E-state index contributed by atoms with van der Waals surface area (Å²) in [5, 5.41) is 9.24. The molecule has 0 saturated heterocycles. The largest absolute Gasteiger partial charge is 0.345 e. The summed E-state index contributed by atoms with van der Waals surface area (Å²) in [6.45, 7) is 1.75. The molecule has 3 fully saturated rings. The number of aryl methyl sites for hydroxylation is 1. The van der Waals surface area contributed by atoms with Gasteiger partial charge in [-0.05, 0) is 81.3 Å². The lowest BCUT2D eigenvalue weighted by molar-refractivity contribution is 0.0882. The van der Waals surface area contributed by atoms with Crippen LogP contribution in [0.3, 0.4) is 0 Å². The highest BCUT2D eigenvalue weighted by Crippen LogP contribution is 2.54. The topological polar surface area (TPSA) is 139 Å². The number of nitrogens with one attached hydrogen (secondary N) is 2. The highest BCUT2D eigenvalue weighted by molar-refractivity contribution is 7.91. The van der Waals surface area contributed by atoms with Crippen LogP contribution in [0.15, 0.2) is 75.6 Å². The highest BCUT2D eigenvalue weighted by atomic mass is 35.5. The number of aromatic amines is 1. The number of H-pyrrole nitrogens is 1. The van der Waals surface area contributed by atoms with E-state index in [1.54, 1.807) is 55.6 Å². The molecule has 8 rings (SSSR count). The number of nitrogens with zero attached hydrogens (tertiary/aromatic N) is 4. The van der Waals surface area contributed by atoms with Gasteiger partial charge >= 0.3 is 0 Å². The second-order valence-corrected chi connectivity index (χ2v) is 15.2. The first-order valence-corrected chi connectivity index (χ1v) is 16.7. The van der Waals surface area contributed by atoms with Gasteiger partial charge in [0.25, 0.3) is 0 Å². The van der Waals surface area contributed by atoms with Crippen LogP contribution in [0, 0.1) is 6.92 Å². The Morgan fingerprint density at radius 2 is 1.66 bits per heavy atom. The third-order valence-corrected chi connectivity index (χ3v) is 12.5. The molecule has 3 saturated carbocycles. The number of sulfone groups is 1. The molecular formula is C28H27ClN6O4S2. The SMILES string of the molecule is Cc1ccccc1S(=O)(=O)c1nc2[nH]ccc2n2c(C34CCC(NS(=O)(=O)c5cccc(Cl)c5)(CC3)CC4)nnc12. The van der Waals surface area contributed by atoms with E-state index in [0.717, 1.165) is 0 Å². The molecule has 0 amide bonds. The van der Waals surface area contributed by atoms with Gasteiger partial charge in [0.1, 0.15) is 5.82 Å². The Balaban J connectivity index is 1.28. The third kappa shape index (κ3) is 4.10. The van der Waals surface area contributed by atoms with E-state index in [1.807, 2.05) is 10.5 Å². The van der Waals surface area contributed by atoms with Gasteiger partial charge in [0.2, 0.25) is 24.9 Å². The quantitative estimate of drug-likeness (QED) is 0.283. The van der Waals surface area contributed by atoms with E-state index in [9.17, 15) is 16.8 Å². The van der Waals surface area contributed by atoms with Gasteiger partial charge in [-0.2, -0.15) is 0 Å². The van der Waals surface area contributed by atoms with Gasteiger partial charge in [0, 0.05) is 22.2 Å². The van der Waals surface area contributed by atoms with Gasteiger partial charge in [-0.3, -0.25) is 4.40 Å². The van der Waals surface area contributed by atoms with E-state index in [1.165, 1.54) is 6.07 Å². The smallest absolute Gasteiger partial charge is 0.241 e. The minimum absolute atomic E-state index is 0.146. The van der Waals surface area contributed by atoms with Crippen molar-refractivity contribution < 1.29 is 16.8 Å². The lowest BCUT2D eigenvalue weighted by atomic mass is 9.57. The van der Waals surface area contributed by atoms with Crippen molar-refractivity contribution in [1.82, 2.24) is 29.3 Å². The van der Waals surface area contributed by atoms with Gasteiger partial charge in [0.05, 0.1) is 15.3 Å². The number of sulfonamides is 1. The minimum Gasteiger partial charge on any atom is -0.345 e. The molecule has 212 valence electrons. The van der Waals surface area contributed by atoms with Crippen molar-refractivity contribution in [2.75, 3.05) is 0 Å². The molecule has 0 aliphatic heterocycles. The van der Waals surface area contributed by atoms with Gasteiger partial charge in [-0.15, -0.1) is 10.2 Å². The van der Waals surface area contributed by atoms with Crippen molar-refractivity contribution in [3.8, 4) is 0 Å². The second kappa shape index (κ2) is 9.09. The summed E-state index contributed by atoms with van der Waals surface area (Å²) in [5.41, 5.74) is 0.993. The molecule has 3 aliphatic carbocycles. The van der Waals surface area contributed by atoms with Crippen LogP contribution in [0.1, 0.15) is 49.9 Å². The summed E-state index contributed by atoms with van der Waals surface area (Å²) in [6.07, 6.45) is 5.63. The fraction of sp³-hybridized carbons (Fsp3) is 0.321. The Hall–Kier alpha value is -3.32. The zero-order valence-corrected chi connectivity index (χ0v) is 24.5. The highest BCUT2D eigenvalue weighted by Gasteiger charge is 2.53. The molecule has 0 atom stereocenters. The summed E-state index contributed by atoms with van der Waals surface area (Å²) in [4.78, 5) is 7.89. The normalized spacial score (nSPS) is 23.0.